The maximum atomic E-state index is 12.9. The molecule has 10 rings (SSSR count). The molecule has 13 heteroatoms. The van der Waals surface area contributed by atoms with Crippen LogP contribution in [0.2, 0.25) is 10.0 Å². The molecule has 6 heterocycles. The van der Waals surface area contributed by atoms with Gasteiger partial charge in [0.2, 0.25) is 17.7 Å². The van der Waals surface area contributed by atoms with Gasteiger partial charge >= 0.3 is 0 Å². The molecule has 0 unspecified atom stereocenters. The molecule has 11 nitrogen and oxygen atoms in total. The fourth-order valence-corrected chi connectivity index (χ4v) is 10.2. The number of fused-ring (bicyclic) bond motifs is 4. The molecule has 6 aromatic rings. The molecule has 340 valence electrons. The van der Waals surface area contributed by atoms with Gasteiger partial charge in [0.1, 0.15) is 0 Å². The Morgan fingerprint density at radius 1 is 0.567 bits per heavy atom. The normalized spacial score (nSPS) is 15.4. The number of carbonyl (C=O) groups excluding carboxylic acids is 3. The van der Waals surface area contributed by atoms with Crippen molar-refractivity contribution in [2.24, 2.45) is 0 Å². The first-order valence-electron chi connectivity index (χ1n) is 22.9. The fraction of sp³-hybridized carbons (Fsp3) is 0.278. The number of amides is 3. The van der Waals surface area contributed by atoms with E-state index in [2.05, 4.69) is 33.5 Å². The number of hydrogen-bond donors (Lipinski definition) is 2. The van der Waals surface area contributed by atoms with Crippen LogP contribution in [0.3, 0.4) is 0 Å². The van der Waals surface area contributed by atoms with Crippen LogP contribution in [-0.2, 0) is 52.9 Å². The Morgan fingerprint density at radius 3 is 1.46 bits per heavy atom. The lowest BCUT2D eigenvalue weighted by molar-refractivity contribution is -0.131. The summed E-state index contributed by atoms with van der Waals surface area (Å²) in [6, 6.07) is 23.9. The molecule has 0 spiro atoms. The monoisotopic (exact) mass is 930 g/mol. The Balaban J connectivity index is 0.000000169. The molecule has 2 aromatic carbocycles. The van der Waals surface area contributed by atoms with Crippen molar-refractivity contribution in [3.05, 3.63) is 187 Å². The van der Waals surface area contributed by atoms with Gasteiger partial charge in [0.05, 0.1) is 48.0 Å². The predicted molar refractivity (Wildman–Crippen MR) is 264 cm³/mol. The second-order valence-corrected chi connectivity index (χ2v) is 18.4. The molecular formula is C54H52Cl2N8O3. The number of nitrogens with two attached hydrogens (primary N) is 1. The number of aromatic nitrogens is 4. The SMILES string of the molecule is CC(=O)Nc1cnc2c(c1)CCc1cc(Cl)ccc1C2=C1CCN(C(=O)Cc2ccncc2)CC1.Nc1cnc2c(c1)CCc1cc(Cl)ccc1C2=C1CCN(C(=O)Cc2ccncc2)CC1. The molecule has 2 fully saturated rings. The lowest BCUT2D eigenvalue weighted by atomic mass is 9.88. The zero-order valence-electron chi connectivity index (χ0n) is 37.5. The number of nitrogen functional groups attached to an aromatic ring is 1. The van der Waals surface area contributed by atoms with Crippen molar-refractivity contribution >= 4 is 63.4 Å². The molecule has 0 atom stereocenters. The van der Waals surface area contributed by atoms with E-state index in [-0.39, 0.29) is 17.7 Å². The van der Waals surface area contributed by atoms with E-state index in [1.807, 2.05) is 64.4 Å². The van der Waals surface area contributed by atoms with Crippen molar-refractivity contribution in [2.45, 2.75) is 71.1 Å². The van der Waals surface area contributed by atoms with Crippen LogP contribution >= 0.6 is 23.2 Å². The number of benzene rings is 2. The molecule has 0 saturated carbocycles. The van der Waals surface area contributed by atoms with Gasteiger partial charge in [0.15, 0.2) is 0 Å². The lowest BCUT2D eigenvalue weighted by Gasteiger charge is -2.30. The van der Waals surface area contributed by atoms with Gasteiger partial charge in [-0.05, 0) is 157 Å². The summed E-state index contributed by atoms with van der Waals surface area (Å²) in [7, 11) is 0. The maximum Gasteiger partial charge on any atom is 0.227 e. The largest absolute Gasteiger partial charge is 0.397 e. The summed E-state index contributed by atoms with van der Waals surface area (Å²) in [5, 5.41) is 4.33. The van der Waals surface area contributed by atoms with Gasteiger partial charge in [-0.1, -0.05) is 46.5 Å². The molecule has 4 aromatic heterocycles. The Bertz CT molecular complexity index is 2840. The number of halogens is 2. The Kier molecular flexibility index (Phi) is 13.9. The van der Waals surface area contributed by atoms with E-state index in [1.165, 1.54) is 51.5 Å². The fourth-order valence-electron chi connectivity index (χ4n) is 9.80. The third kappa shape index (κ3) is 10.6. The Labute approximate surface area is 401 Å². The van der Waals surface area contributed by atoms with Gasteiger partial charge in [-0.15, -0.1) is 0 Å². The van der Waals surface area contributed by atoms with Crippen molar-refractivity contribution in [1.82, 2.24) is 29.7 Å². The number of piperidine rings is 2. The number of likely N-dealkylation sites (tertiary alicyclic amines) is 2. The summed E-state index contributed by atoms with van der Waals surface area (Å²) < 4.78 is 0. The highest BCUT2D eigenvalue weighted by atomic mass is 35.5. The number of nitrogens with zero attached hydrogens (tertiary/aromatic N) is 6. The maximum absolute atomic E-state index is 12.9. The third-order valence-electron chi connectivity index (χ3n) is 13.1. The number of hydrogen-bond acceptors (Lipinski definition) is 8. The summed E-state index contributed by atoms with van der Waals surface area (Å²) >= 11 is 12.7. The van der Waals surface area contributed by atoms with E-state index < -0.39 is 0 Å². The number of nitrogens with one attached hydrogen (secondary N) is 1. The standard InChI is InChI=1S/C28H27ClN4O2.C26H25ClN4O/c1-18(34)32-24-16-22-3-2-21-15-23(29)4-5-25(21)27(28(22)31-17-24)20-8-12-33(13-9-20)26(35)14-19-6-10-30-11-7-19;27-21-3-4-23-19(14-21)1-2-20-15-22(28)16-30-26(20)25(23)18-7-11-31(12-8-18)24(32)13-17-5-9-29-10-6-17/h4-7,10-11,15-17H,2-3,8-9,12-14H2,1H3,(H,32,34);3-6,9-10,14-16H,1-2,7-8,11-13,28H2. The minimum Gasteiger partial charge on any atom is -0.397 e. The first kappa shape index (κ1) is 45.5. The second-order valence-electron chi connectivity index (χ2n) is 17.6. The van der Waals surface area contributed by atoms with Crippen LogP contribution in [0.15, 0.2) is 121 Å². The molecule has 3 amide bonds. The summed E-state index contributed by atoms with van der Waals surface area (Å²) in [4.78, 5) is 58.9. The molecule has 4 aliphatic rings. The molecule has 67 heavy (non-hydrogen) atoms. The zero-order chi connectivity index (χ0) is 46.4. The second kappa shape index (κ2) is 20.4. The third-order valence-corrected chi connectivity index (χ3v) is 13.6. The van der Waals surface area contributed by atoms with Crippen molar-refractivity contribution in [2.75, 3.05) is 37.2 Å². The van der Waals surface area contributed by atoms with Crippen LogP contribution in [0.5, 0.6) is 0 Å². The summed E-state index contributed by atoms with van der Waals surface area (Å²) in [6.07, 6.45) is 17.9. The number of rotatable bonds is 5. The highest BCUT2D eigenvalue weighted by Gasteiger charge is 2.29. The summed E-state index contributed by atoms with van der Waals surface area (Å²) in [5.41, 5.74) is 23.5. The van der Waals surface area contributed by atoms with Crippen molar-refractivity contribution in [3.8, 4) is 0 Å². The molecule has 0 radical (unpaired) electrons. The molecule has 0 bridgehead atoms. The van der Waals surface area contributed by atoms with Gasteiger partial charge in [-0.25, -0.2) is 0 Å². The van der Waals surface area contributed by atoms with Crippen LogP contribution in [-0.4, -0.2) is 73.6 Å². The van der Waals surface area contributed by atoms with E-state index in [9.17, 15) is 14.4 Å². The van der Waals surface area contributed by atoms with Gasteiger partial charge in [0.25, 0.3) is 0 Å². The van der Waals surface area contributed by atoms with E-state index >= 15 is 0 Å². The van der Waals surface area contributed by atoms with Gasteiger partial charge in [-0.2, -0.15) is 0 Å². The van der Waals surface area contributed by atoms with Crippen LogP contribution < -0.4 is 11.1 Å². The minimum atomic E-state index is -0.113. The molecule has 2 saturated heterocycles. The van der Waals surface area contributed by atoms with E-state index in [0.29, 0.717) is 37.3 Å². The number of pyridine rings is 4. The van der Waals surface area contributed by atoms with Gasteiger partial charge in [-0.3, -0.25) is 34.3 Å². The number of anilines is 2. The van der Waals surface area contributed by atoms with Crippen molar-refractivity contribution in [1.29, 1.82) is 0 Å². The van der Waals surface area contributed by atoms with E-state index in [1.54, 1.807) is 37.2 Å². The van der Waals surface area contributed by atoms with E-state index in [4.69, 9.17) is 38.9 Å². The predicted octanol–water partition coefficient (Wildman–Crippen LogP) is 9.33. The summed E-state index contributed by atoms with van der Waals surface area (Å²) in [5.74, 6) is 0.198. The Hall–Kier alpha value is -6.69. The van der Waals surface area contributed by atoms with Crippen molar-refractivity contribution in [3.63, 3.8) is 0 Å². The molecule has 2 aliphatic heterocycles. The lowest BCUT2D eigenvalue weighted by Crippen LogP contribution is -2.37. The highest BCUT2D eigenvalue weighted by molar-refractivity contribution is 6.31. The number of carbonyl (C=O) groups is 3. The van der Waals surface area contributed by atoms with Crippen LogP contribution in [0.1, 0.15) is 88.5 Å². The molecule has 2 aliphatic carbocycles. The highest BCUT2D eigenvalue weighted by Crippen LogP contribution is 2.41. The van der Waals surface area contributed by atoms with Gasteiger partial charge < -0.3 is 20.9 Å². The smallest absolute Gasteiger partial charge is 0.227 e. The summed E-state index contributed by atoms with van der Waals surface area (Å²) in [6.45, 7) is 4.31. The molecule has 3 N–H and O–H groups in total. The van der Waals surface area contributed by atoms with Crippen molar-refractivity contribution < 1.29 is 14.4 Å². The van der Waals surface area contributed by atoms with Crippen LogP contribution in [0, 0.1) is 0 Å². The topological polar surface area (TPSA) is 147 Å². The first-order chi connectivity index (χ1) is 32.6. The minimum absolute atomic E-state index is 0.113. The van der Waals surface area contributed by atoms with Crippen LogP contribution in [0.4, 0.5) is 11.4 Å². The average Bonchev–Trinajstić information content (AvgIpc) is 3.59. The molecular weight excluding hydrogens is 880 g/mol. The zero-order valence-corrected chi connectivity index (χ0v) is 39.0. The van der Waals surface area contributed by atoms with Gasteiger partial charge in [0, 0.05) is 79.1 Å². The first-order valence-corrected chi connectivity index (χ1v) is 23.7. The van der Waals surface area contributed by atoms with E-state index in [0.717, 1.165) is 108 Å². The Morgan fingerprint density at radius 2 is 1.00 bits per heavy atom. The van der Waals surface area contributed by atoms with Crippen LogP contribution in [0.25, 0.3) is 11.1 Å². The quantitative estimate of drug-likeness (QED) is 0.174. The number of aryl methyl sites for hydroxylation is 4. The average molecular weight is 932 g/mol.